The van der Waals surface area contributed by atoms with Crippen molar-refractivity contribution in [3.05, 3.63) is 41.2 Å². The van der Waals surface area contributed by atoms with E-state index in [1.807, 2.05) is 34.6 Å². The normalized spacial score (nSPS) is 22.9. The van der Waals surface area contributed by atoms with Crippen molar-refractivity contribution >= 4 is 11.9 Å². The Kier molecular flexibility index (Phi) is 5.08. The molecular formula is C22H26N2O5. The molecule has 0 saturated carbocycles. The molecule has 0 unspecified atom stereocenters. The summed E-state index contributed by atoms with van der Waals surface area (Å²) in [6, 6.07) is 6.56. The molecule has 0 saturated heterocycles. The molecule has 0 aromatic heterocycles. The highest BCUT2D eigenvalue weighted by atomic mass is 16.6. The summed E-state index contributed by atoms with van der Waals surface area (Å²) in [5, 5.41) is 9.34. The fraction of sp³-hybridized carbons (Fsp3) is 0.500. The highest BCUT2D eigenvalue weighted by Gasteiger charge is 2.51. The summed E-state index contributed by atoms with van der Waals surface area (Å²) in [7, 11) is 0. The van der Waals surface area contributed by atoms with Gasteiger partial charge in [-0.1, -0.05) is 0 Å². The number of carbonyl (C=O) groups excluding carboxylic acids is 2. The smallest absolute Gasteiger partial charge is 0.303 e. The quantitative estimate of drug-likeness (QED) is 0.726. The molecule has 0 N–H and O–H groups in total. The van der Waals surface area contributed by atoms with Crippen LogP contribution >= 0.6 is 0 Å². The van der Waals surface area contributed by atoms with E-state index in [1.165, 1.54) is 13.0 Å². The predicted molar refractivity (Wildman–Crippen MR) is 105 cm³/mol. The van der Waals surface area contributed by atoms with Gasteiger partial charge in [-0.05, 0) is 52.8 Å². The number of carbonyl (C=O) groups is 2. The van der Waals surface area contributed by atoms with E-state index < -0.39 is 29.3 Å². The van der Waals surface area contributed by atoms with Gasteiger partial charge >= 0.3 is 5.97 Å². The third kappa shape index (κ3) is 4.21. The Balaban J connectivity index is 2.07. The van der Waals surface area contributed by atoms with Crippen LogP contribution in [0.2, 0.25) is 0 Å². The van der Waals surface area contributed by atoms with Crippen LogP contribution in [0.1, 0.15) is 58.7 Å². The first kappa shape index (κ1) is 20.7. The predicted octanol–water partition coefficient (Wildman–Crippen LogP) is 3.24. The van der Waals surface area contributed by atoms with Crippen molar-refractivity contribution in [1.29, 1.82) is 5.26 Å². The number of fused-ring (bicyclic) bond motifs is 1. The van der Waals surface area contributed by atoms with Crippen LogP contribution in [0.4, 0.5) is 0 Å². The molecular weight excluding hydrogens is 372 g/mol. The lowest BCUT2D eigenvalue weighted by Crippen LogP contribution is -2.55. The van der Waals surface area contributed by atoms with E-state index in [2.05, 4.69) is 6.07 Å². The van der Waals surface area contributed by atoms with Crippen molar-refractivity contribution in [3.8, 4) is 11.8 Å². The fourth-order valence-corrected chi connectivity index (χ4v) is 3.75. The number of benzene rings is 1. The average Bonchev–Trinajstić information content (AvgIpc) is 2.92. The third-order valence-electron chi connectivity index (χ3n) is 4.76. The zero-order valence-corrected chi connectivity index (χ0v) is 17.6. The zero-order chi connectivity index (χ0) is 21.6. The van der Waals surface area contributed by atoms with E-state index >= 15 is 0 Å². The van der Waals surface area contributed by atoms with Crippen molar-refractivity contribution < 1.29 is 23.8 Å². The summed E-state index contributed by atoms with van der Waals surface area (Å²) in [6.45, 7) is 10.9. The molecule has 1 aromatic rings. The van der Waals surface area contributed by atoms with Crippen LogP contribution in [0, 0.1) is 11.3 Å². The lowest BCUT2D eigenvalue weighted by Gasteiger charge is -2.46. The maximum Gasteiger partial charge on any atom is 0.303 e. The van der Waals surface area contributed by atoms with Crippen LogP contribution in [-0.2, 0) is 19.1 Å². The minimum Gasteiger partial charge on any atom is -0.490 e. The molecule has 3 rings (SSSR count). The zero-order valence-electron chi connectivity index (χ0n) is 17.6. The fourth-order valence-electron chi connectivity index (χ4n) is 3.75. The van der Waals surface area contributed by atoms with Crippen molar-refractivity contribution in [1.82, 2.24) is 4.90 Å². The molecule has 2 heterocycles. The van der Waals surface area contributed by atoms with Gasteiger partial charge in [0.05, 0.1) is 18.2 Å². The van der Waals surface area contributed by atoms with Gasteiger partial charge in [-0.3, -0.25) is 9.59 Å². The number of hydrogen-bond donors (Lipinski definition) is 0. The summed E-state index contributed by atoms with van der Waals surface area (Å²) >= 11 is 0. The molecule has 1 aromatic carbocycles. The van der Waals surface area contributed by atoms with Gasteiger partial charge in [0.15, 0.2) is 6.10 Å². The SMILES string of the molecule is CC(=O)O[C@H]1[C@H](N2CC(OC(C)(C)C)=CC2=O)c2cc(C#N)ccc2OC1(C)C. The van der Waals surface area contributed by atoms with Crippen LogP contribution in [-0.4, -0.2) is 40.6 Å². The number of rotatable bonds is 3. The standard InChI is InChI=1S/C22H26N2O5/c1-13(25)27-20-19(24-12-15(10-18(24)26)28-21(2,3)4)16-9-14(11-23)7-8-17(16)29-22(20,5)6/h7-10,19-20H,12H2,1-6H3/t19-,20+/m1/s1. The van der Waals surface area contributed by atoms with E-state index in [-0.39, 0.29) is 12.5 Å². The second-order valence-corrected chi connectivity index (χ2v) is 8.84. The van der Waals surface area contributed by atoms with E-state index in [1.54, 1.807) is 23.1 Å². The van der Waals surface area contributed by atoms with Crippen molar-refractivity contribution in [2.75, 3.05) is 6.54 Å². The van der Waals surface area contributed by atoms with Crippen LogP contribution in [0.25, 0.3) is 0 Å². The van der Waals surface area contributed by atoms with E-state index in [9.17, 15) is 14.9 Å². The molecule has 154 valence electrons. The topological polar surface area (TPSA) is 88.9 Å². The van der Waals surface area contributed by atoms with Gasteiger partial charge in [-0.2, -0.15) is 5.26 Å². The molecule has 29 heavy (non-hydrogen) atoms. The number of nitrogens with zero attached hydrogens (tertiary/aromatic N) is 2. The summed E-state index contributed by atoms with van der Waals surface area (Å²) in [6.07, 6.45) is 0.708. The number of nitriles is 1. The van der Waals surface area contributed by atoms with Gasteiger partial charge in [0.1, 0.15) is 28.8 Å². The molecule has 7 heteroatoms. The van der Waals surface area contributed by atoms with E-state index in [0.29, 0.717) is 22.6 Å². The van der Waals surface area contributed by atoms with Gasteiger partial charge in [-0.15, -0.1) is 0 Å². The number of hydrogen-bond acceptors (Lipinski definition) is 6. The molecule has 0 fully saturated rings. The van der Waals surface area contributed by atoms with Crippen LogP contribution < -0.4 is 4.74 Å². The number of esters is 1. The number of ether oxygens (including phenoxy) is 3. The van der Waals surface area contributed by atoms with Gasteiger partial charge in [0.25, 0.3) is 5.91 Å². The summed E-state index contributed by atoms with van der Waals surface area (Å²) in [5.74, 6) is 0.395. The Bertz CT molecular complexity index is 920. The molecule has 7 nitrogen and oxygen atoms in total. The third-order valence-corrected chi connectivity index (χ3v) is 4.76. The largest absolute Gasteiger partial charge is 0.490 e. The van der Waals surface area contributed by atoms with Crippen LogP contribution in [0.15, 0.2) is 30.0 Å². The Labute approximate surface area is 170 Å². The first-order valence-electron chi connectivity index (χ1n) is 9.52. The lowest BCUT2D eigenvalue weighted by atomic mass is 9.84. The van der Waals surface area contributed by atoms with E-state index in [4.69, 9.17) is 14.2 Å². The highest BCUT2D eigenvalue weighted by Crippen LogP contribution is 2.46. The minimum absolute atomic E-state index is 0.239. The van der Waals surface area contributed by atoms with Gasteiger partial charge in [-0.25, -0.2) is 0 Å². The van der Waals surface area contributed by atoms with Crippen molar-refractivity contribution in [3.63, 3.8) is 0 Å². The van der Waals surface area contributed by atoms with Crippen molar-refractivity contribution in [2.24, 2.45) is 0 Å². The lowest BCUT2D eigenvalue weighted by molar-refractivity contribution is -0.171. The first-order valence-corrected chi connectivity index (χ1v) is 9.52. The molecule has 1 amide bonds. The Hall–Kier alpha value is -3.01. The van der Waals surface area contributed by atoms with Crippen LogP contribution in [0.3, 0.4) is 0 Å². The van der Waals surface area contributed by atoms with Gasteiger partial charge < -0.3 is 19.1 Å². The Morgan fingerprint density at radius 1 is 1.34 bits per heavy atom. The summed E-state index contributed by atoms with van der Waals surface area (Å²) in [5.41, 5.74) is -0.262. The molecule has 0 spiro atoms. The van der Waals surface area contributed by atoms with Crippen molar-refractivity contribution in [2.45, 2.75) is 64.9 Å². The summed E-state index contributed by atoms with van der Waals surface area (Å²) < 4.78 is 17.6. The second kappa shape index (κ2) is 7.11. The first-order chi connectivity index (χ1) is 13.4. The molecule has 2 aliphatic rings. The Morgan fingerprint density at radius 3 is 2.62 bits per heavy atom. The molecule has 0 radical (unpaired) electrons. The Morgan fingerprint density at radius 2 is 2.03 bits per heavy atom. The van der Waals surface area contributed by atoms with Gasteiger partial charge in [0, 0.05) is 18.6 Å². The monoisotopic (exact) mass is 398 g/mol. The highest BCUT2D eigenvalue weighted by molar-refractivity contribution is 5.91. The molecule has 2 aliphatic heterocycles. The maximum absolute atomic E-state index is 12.9. The number of amides is 1. The van der Waals surface area contributed by atoms with Crippen LogP contribution in [0.5, 0.6) is 5.75 Å². The minimum atomic E-state index is -0.884. The molecule has 0 aliphatic carbocycles. The summed E-state index contributed by atoms with van der Waals surface area (Å²) in [4.78, 5) is 26.4. The second-order valence-electron chi connectivity index (χ2n) is 8.84. The maximum atomic E-state index is 12.9. The van der Waals surface area contributed by atoms with Gasteiger partial charge in [0.2, 0.25) is 0 Å². The van der Waals surface area contributed by atoms with E-state index in [0.717, 1.165) is 0 Å². The average molecular weight is 398 g/mol. The molecule has 2 atom stereocenters. The molecule has 0 bridgehead atoms.